The molecule has 1 aromatic carbocycles. The SMILES string of the molecule is Nc1c(C(=O)NN2CCCCC2)sc2cc(Cl)ccc12. The Labute approximate surface area is 126 Å². The van der Waals surface area contributed by atoms with Gasteiger partial charge in [0.1, 0.15) is 4.88 Å². The summed E-state index contributed by atoms with van der Waals surface area (Å²) in [6, 6.07) is 5.50. The molecule has 1 aliphatic rings. The summed E-state index contributed by atoms with van der Waals surface area (Å²) in [6.07, 6.45) is 3.48. The number of halogens is 1. The van der Waals surface area contributed by atoms with Gasteiger partial charge in [0.25, 0.3) is 5.91 Å². The van der Waals surface area contributed by atoms with Gasteiger partial charge in [-0.1, -0.05) is 18.0 Å². The summed E-state index contributed by atoms with van der Waals surface area (Å²) >= 11 is 7.36. The molecule has 0 radical (unpaired) electrons. The van der Waals surface area contributed by atoms with Gasteiger partial charge < -0.3 is 5.73 Å². The molecule has 0 bridgehead atoms. The second-order valence-electron chi connectivity index (χ2n) is 4.97. The highest BCUT2D eigenvalue weighted by Crippen LogP contribution is 2.35. The number of rotatable bonds is 2. The van der Waals surface area contributed by atoms with Gasteiger partial charge >= 0.3 is 0 Å². The van der Waals surface area contributed by atoms with Gasteiger partial charge in [0, 0.05) is 28.2 Å². The Balaban J connectivity index is 1.85. The zero-order chi connectivity index (χ0) is 14.1. The second-order valence-corrected chi connectivity index (χ2v) is 6.46. The lowest BCUT2D eigenvalue weighted by atomic mass is 10.2. The monoisotopic (exact) mass is 309 g/mol. The third-order valence-corrected chi connectivity index (χ3v) is 4.91. The molecule has 4 nitrogen and oxygen atoms in total. The van der Waals surface area contributed by atoms with Crippen molar-refractivity contribution in [2.24, 2.45) is 0 Å². The number of anilines is 1. The summed E-state index contributed by atoms with van der Waals surface area (Å²) < 4.78 is 0.943. The Kier molecular flexibility index (Phi) is 3.83. The topological polar surface area (TPSA) is 58.4 Å². The molecule has 1 amide bonds. The summed E-state index contributed by atoms with van der Waals surface area (Å²) in [5.41, 5.74) is 9.56. The van der Waals surface area contributed by atoms with Crippen molar-refractivity contribution in [2.45, 2.75) is 19.3 Å². The quantitative estimate of drug-likeness (QED) is 0.895. The normalized spacial score (nSPS) is 16.4. The van der Waals surface area contributed by atoms with E-state index in [4.69, 9.17) is 17.3 Å². The molecule has 1 aromatic heterocycles. The standard InChI is InChI=1S/C14H16ClN3OS/c15-9-4-5-10-11(8-9)20-13(12(10)16)14(19)17-18-6-2-1-3-7-18/h4-5,8H,1-3,6-7,16H2,(H,17,19). The number of piperidine rings is 1. The van der Waals surface area contributed by atoms with E-state index in [0.717, 1.165) is 36.0 Å². The number of carbonyl (C=O) groups excluding carboxylic acids is 1. The van der Waals surface area contributed by atoms with E-state index >= 15 is 0 Å². The van der Waals surface area contributed by atoms with Crippen LogP contribution in [0, 0.1) is 0 Å². The minimum absolute atomic E-state index is 0.123. The number of nitrogens with one attached hydrogen (secondary N) is 1. The van der Waals surface area contributed by atoms with Crippen LogP contribution in [0.3, 0.4) is 0 Å². The van der Waals surface area contributed by atoms with E-state index in [-0.39, 0.29) is 5.91 Å². The Morgan fingerprint density at radius 3 is 2.80 bits per heavy atom. The van der Waals surface area contributed by atoms with E-state index in [9.17, 15) is 4.79 Å². The Hall–Kier alpha value is -1.30. The minimum atomic E-state index is -0.123. The molecule has 0 aliphatic carbocycles. The maximum Gasteiger partial charge on any atom is 0.277 e. The summed E-state index contributed by atoms with van der Waals surface area (Å²) in [5.74, 6) is -0.123. The van der Waals surface area contributed by atoms with Crippen LogP contribution in [-0.4, -0.2) is 24.0 Å². The molecule has 3 N–H and O–H groups in total. The molecule has 2 heterocycles. The van der Waals surface area contributed by atoms with Crippen LogP contribution < -0.4 is 11.2 Å². The van der Waals surface area contributed by atoms with Crippen LogP contribution in [0.25, 0.3) is 10.1 Å². The van der Waals surface area contributed by atoms with Gasteiger partial charge in [0.15, 0.2) is 0 Å². The first-order valence-electron chi connectivity index (χ1n) is 6.68. The van der Waals surface area contributed by atoms with Gasteiger partial charge in [0.2, 0.25) is 0 Å². The number of carbonyl (C=O) groups is 1. The number of hydrogen-bond acceptors (Lipinski definition) is 4. The van der Waals surface area contributed by atoms with E-state index < -0.39 is 0 Å². The van der Waals surface area contributed by atoms with Crippen molar-refractivity contribution in [2.75, 3.05) is 18.8 Å². The van der Waals surface area contributed by atoms with E-state index in [2.05, 4.69) is 5.43 Å². The molecule has 20 heavy (non-hydrogen) atoms. The Morgan fingerprint density at radius 1 is 1.30 bits per heavy atom. The number of hydrogen-bond donors (Lipinski definition) is 2. The molecule has 1 fully saturated rings. The number of fused-ring (bicyclic) bond motifs is 1. The molecule has 0 spiro atoms. The van der Waals surface area contributed by atoms with Crippen molar-refractivity contribution in [3.63, 3.8) is 0 Å². The zero-order valence-corrected chi connectivity index (χ0v) is 12.6. The maximum atomic E-state index is 12.3. The molecule has 6 heteroatoms. The third-order valence-electron chi connectivity index (χ3n) is 3.51. The minimum Gasteiger partial charge on any atom is -0.397 e. The van der Waals surface area contributed by atoms with E-state index in [1.807, 2.05) is 17.1 Å². The van der Waals surface area contributed by atoms with Gasteiger partial charge in [-0.25, -0.2) is 5.01 Å². The number of nitrogen functional groups attached to an aromatic ring is 1. The lowest BCUT2D eigenvalue weighted by molar-refractivity contribution is 0.0755. The van der Waals surface area contributed by atoms with Crippen molar-refractivity contribution >= 4 is 44.6 Å². The predicted octanol–water partition coefficient (Wildman–Crippen LogP) is 3.27. The Bertz CT molecular complexity index is 649. The number of nitrogens with two attached hydrogens (primary N) is 1. The average molecular weight is 310 g/mol. The fourth-order valence-electron chi connectivity index (χ4n) is 2.46. The lowest BCUT2D eigenvalue weighted by Crippen LogP contribution is -2.44. The highest BCUT2D eigenvalue weighted by molar-refractivity contribution is 7.21. The molecule has 1 aliphatic heterocycles. The van der Waals surface area contributed by atoms with Gasteiger partial charge in [0.05, 0.1) is 5.69 Å². The smallest absolute Gasteiger partial charge is 0.277 e. The lowest BCUT2D eigenvalue weighted by Gasteiger charge is -2.26. The van der Waals surface area contributed by atoms with Crippen molar-refractivity contribution in [3.8, 4) is 0 Å². The number of amides is 1. The van der Waals surface area contributed by atoms with Gasteiger partial charge in [-0.2, -0.15) is 0 Å². The molecular formula is C14H16ClN3OS. The van der Waals surface area contributed by atoms with Crippen molar-refractivity contribution in [1.29, 1.82) is 0 Å². The van der Waals surface area contributed by atoms with Gasteiger partial charge in [-0.15, -0.1) is 11.3 Å². The van der Waals surface area contributed by atoms with Gasteiger partial charge in [-0.3, -0.25) is 10.2 Å². The van der Waals surface area contributed by atoms with Crippen LogP contribution in [-0.2, 0) is 0 Å². The first-order valence-corrected chi connectivity index (χ1v) is 7.88. The van der Waals surface area contributed by atoms with Crippen LogP contribution in [0.1, 0.15) is 28.9 Å². The summed E-state index contributed by atoms with van der Waals surface area (Å²) in [6.45, 7) is 1.81. The third kappa shape index (κ3) is 2.61. The fourth-order valence-corrected chi connectivity index (χ4v) is 3.75. The number of benzene rings is 1. The molecule has 106 valence electrons. The number of nitrogens with zero attached hydrogens (tertiary/aromatic N) is 1. The van der Waals surface area contributed by atoms with Crippen molar-refractivity contribution in [3.05, 3.63) is 28.1 Å². The maximum absolute atomic E-state index is 12.3. The van der Waals surface area contributed by atoms with Crippen LogP contribution in [0.4, 0.5) is 5.69 Å². The summed E-state index contributed by atoms with van der Waals surface area (Å²) in [5, 5.41) is 3.52. The molecular weight excluding hydrogens is 294 g/mol. The molecule has 0 atom stereocenters. The molecule has 3 rings (SSSR count). The van der Waals surface area contributed by atoms with E-state index in [1.165, 1.54) is 17.8 Å². The fraction of sp³-hybridized carbons (Fsp3) is 0.357. The highest BCUT2D eigenvalue weighted by Gasteiger charge is 2.19. The first-order chi connectivity index (χ1) is 9.65. The van der Waals surface area contributed by atoms with Crippen molar-refractivity contribution < 1.29 is 4.79 Å². The van der Waals surface area contributed by atoms with E-state index in [0.29, 0.717) is 15.6 Å². The number of hydrazine groups is 1. The zero-order valence-electron chi connectivity index (χ0n) is 11.0. The van der Waals surface area contributed by atoms with Crippen LogP contribution in [0.5, 0.6) is 0 Å². The van der Waals surface area contributed by atoms with Crippen LogP contribution in [0.2, 0.25) is 5.02 Å². The number of thiophene rings is 1. The molecule has 0 unspecified atom stereocenters. The van der Waals surface area contributed by atoms with Crippen LogP contribution >= 0.6 is 22.9 Å². The molecule has 1 saturated heterocycles. The highest BCUT2D eigenvalue weighted by atomic mass is 35.5. The second kappa shape index (κ2) is 5.60. The summed E-state index contributed by atoms with van der Waals surface area (Å²) in [4.78, 5) is 12.9. The average Bonchev–Trinajstić information content (AvgIpc) is 2.76. The predicted molar refractivity (Wildman–Crippen MR) is 84.1 cm³/mol. The Morgan fingerprint density at radius 2 is 2.05 bits per heavy atom. The van der Waals surface area contributed by atoms with Gasteiger partial charge in [-0.05, 0) is 31.0 Å². The summed E-state index contributed by atoms with van der Waals surface area (Å²) in [7, 11) is 0. The molecule has 0 saturated carbocycles. The first kappa shape index (κ1) is 13.7. The van der Waals surface area contributed by atoms with Crippen molar-refractivity contribution in [1.82, 2.24) is 10.4 Å². The molecule has 2 aromatic rings. The van der Waals surface area contributed by atoms with E-state index in [1.54, 1.807) is 6.07 Å². The largest absolute Gasteiger partial charge is 0.397 e. The van der Waals surface area contributed by atoms with Crippen LogP contribution in [0.15, 0.2) is 18.2 Å².